The molecule has 0 saturated carbocycles. The number of ether oxygens (including phenoxy) is 1. The van der Waals surface area contributed by atoms with Gasteiger partial charge in [0.25, 0.3) is 5.91 Å². The van der Waals surface area contributed by atoms with E-state index in [4.69, 9.17) is 21.2 Å². The highest BCUT2D eigenvalue weighted by molar-refractivity contribution is 6.31. The van der Waals surface area contributed by atoms with E-state index < -0.39 is 6.10 Å². The average Bonchev–Trinajstić information content (AvgIpc) is 2.56. The van der Waals surface area contributed by atoms with E-state index in [0.29, 0.717) is 16.5 Å². The molecule has 1 N–H and O–H groups in total. The molecule has 5 nitrogen and oxygen atoms in total. The fourth-order valence-corrected chi connectivity index (χ4v) is 1.95. The van der Waals surface area contributed by atoms with Crippen LogP contribution >= 0.6 is 11.6 Å². The highest BCUT2D eigenvalue weighted by Crippen LogP contribution is 2.27. The van der Waals surface area contributed by atoms with Crippen LogP contribution in [0.2, 0.25) is 5.02 Å². The molecule has 0 spiro atoms. The van der Waals surface area contributed by atoms with Crippen LogP contribution in [0.3, 0.4) is 0 Å². The zero-order valence-electron chi connectivity index (χ0n) is 12.8. The number of hydrogen-bond acceptors (Lipinski definition) is 4. The summed E-state index contributed by atoms with van der Waals surface area (Å²) in [4.78, 5) is 17.3. The number of nitrogens with zero attached hydrogens (tertiary/aromatic N) is 1. The largest absolute Gasteiger partial charge is 0.495 e. The first kappa shape index (κ1) is 16.8. The molecule has 0 heterocycles. The molecule has 0 aliphatic carbocycles. The summed E-state index contributed by atoms with van der Waals surface area (Å²) >= 11 is 5.93. The van der Waals surface area contributed by atoms with E-state index in [9.17, 15) is 4.79 Å². The minimum absolute atomic E-state index is 0.351. The van der Waals surface area contributed by atoms with Crippen molar-refractivity contribution in [3.05, 3.63) is 59.1 Å². The summed E-state index contributed by atoms with van der Waals surface area (Å²) in [5.74, 6) is 0.165. The first-order valence-corrected chi connectivity index (χ1v) is 7.36. The molecule has 0 bridgehead atoms. The number of hydrogen-bond donors (Lipinski definition) is 1. The lowest BCUT2D eigenvalue weighted by molar-refractivity contribution is -0.126. The highest BCUT2D eigenvalue weighted by atomic mass is 35.5. The number of benzene rings is 2. The zero-order valence-corrected chi connectivity index (χ0v) is 13.6. The van der Waals surface area contributed by atoms with Gasteiger partial charge in [-0.2, -0.15) is 0 Å². The molecule has 0 aliphatic rings. The highest BCUT2D eigenvalue weighted by Gasteiger charge is 2.16. The topological polar surface area (TPSA) is 59.9 Å². The van der Waals surface area contributed by atoms with Crippen molar-refractivity contribution in [1.29, 1.82) is 0 Å². The molecule has 1 atom stereocenters. The Morgan fingerprint density at radius 3 is 2.70 bits per heavy atom. The lowest BCUT2D eigenvalue weighted by Crippen LogP contribution is -2.26. The molecule has 1 amide bonds. The second kappa shape index (κ2) is 8.19. The normalized spacial score (nSPS) is 12.0. The zero-order chi connectivity index (χ0) is 16.7. The van der Waals surface area contributed by atoms with Crippen LogP contribution in [0.5, 0.6) is 5.75 Å². The maximum atomic E-state index is 12.1. The van der Waals surface area contributed by atoms with E-state index in [2.05, 4.69) is 10.5 Å². The lowest BCUT2D eigenvalue weighted by Gasteiger charge is -2.13. The summed E-state index contributed by atoms with van der Waals surface area (Å²) in [7, 11) is 1.52. The van der Waals surface area contributed by atoms with Gasteiger partial charge in [0.05, 0.1) is 19.0 Å². The van der Waals surface area contributed by atoms with Crippen molar-refractivity contribution < 1.29 is 14.4 Å². The molecule has 2 aromatic rings. The first-order valence-electron chi connectivity index (χ1n) is 6.99. The number of carbonyl (C=O) groups excluding carboxylic acids is 1. The maximum absolute atomic E-state index is 12.1. The van der Waals surface area contributed by atoms with Crippen LogP contribution in [-0.4, -0.2) is 25.3 Å². The van der Waals surface area contributed by atoms with Crippen LogP contribution in [0.25, 0.3) is 0 Å². The van der Waals surface area contributed by atoms with E-state index in [0.717, 1.165) is 5.56 Å². The molecule has 120 valence electrons. The second-order valence-electron chi connectivity index (χ2n) is 4.73. The van der Waals surface area contributed by atoms with Gasteiger partial charge in [0.1, 0.15) is 5.75 Å². The van der Waals surface area contributed by atoms with Crippen molar-refractivity contribution >= 4 is 29.4 Å². The average molecular weight is 333 g/mol. The predicted octanol–water partition coefficient (Wildman–Crippen LogP) is 3.73. The van der Waals surface area contributed by atoms with Crippen LogP contribution < -0.4 is 10.1 Å². The number of amides is 1. The number of methoxy groups -OCH3 is 1. The monoisotopic (exact) mass is 332 g/mol. The molecule has 0 saturated heterocycles. The first-order chi connectivity index (χ1) is 11.1. The van der Waals surface area contributed by atoms with Gasteiger partial charge in [-0.1, -0.05) is 47.1 Å². The molecule has 0 radical (unpaired) electrons. The number of anilines is 1. The van der Waals surface area contributed by atoms with Gasteiger partial charge >= 0.3 is 0 Å². The summed E-state index contributed by atoms with van der Waals surface area (Å²) < 4.78 is 5.18. The quantitative estimate of drug-likeness (QED) is 0.647. The Kier molecular flexibility index (Phi) is 6.00. The van der Waals surface area contributed by atoms with Crippen LogP contribution in [0, 0.1) is 0 Å². The van der Waals surface area contributed by atoms with E-state index in [1.165, 1.54) is 7.11 Å². The molecule has 0 aromatic heterocycles. The van der Waals surface area contributed by atoms with Gasteiger partial charge < -0.3 is 14.9 Å². The van der Waals surface area contributed by atoms with Gasteiger partial charge in [-0.25, -0.2) is 0 Å². The predicted molar refractivity (Wildman–Crippen MR) is 91.2 cm³/mol. The minimum Gasteiger partial charge on any atom is -0.495 e. The van der Waals surface area contributed by atoms with E-state index in [1.807, 2.05) is 30.3 Å². The van der Waals surface area contributed by atoms with Crippen LogP contribution in [0.1, 0.15) is 12.5 Å². The maximum Gasteiger partial charge on any atom is 0.268 e. The molecular formula is C17H17ClN2O3. The summed E-state index contributed by atoms with van der Waals surface area (Å²) in [6.45, 7) is 1.61. The molecular weight excluding hydrogens is 316 g/mol. The summed E-state index contributed by atoms with van der Waals surface area (Å²) in [6, 6.07) is 14.4. The van der Waals surface area contributed by atoms with Crippen molar-refractivity contribution in [1.82, 2.24) is 0 Å². The van der Waals surface area contributed by atoms with Crippen molar-refractivity contribution in [2.45, 2.75) is 13.0 Å². The molecule has 2 rings (SSSR count). The van der Waals surface area contributed by atoms with Gasteiger partial charge in [-0.15, -0.1) is 0 Å². The second-order valence-corrected chi connectivity index (χ2v) is 5.16. The Labute approximate surface area is 139 Å². The summed E-state index contributed by atoms with van der Waals surface area (Å²) in [6.07, 6.45) is 0.780. The van der Waals surface area contributed by atoms with Crippen molar-refractivity contribution in [2.24, 2.45) is 5.16 Å². The Morgan fingerprint density at radius 1 is 1.26 bits per heavy atom. The number of carbonyl (C=O) groups is 1. The fraction of sp³-hybridized carbons (Fsp3) is 0.176. The Bertz CT molecular complexity index is 689. The van der Waals surface area contributed by atoms with E-state index in [-0.39, 0.29) is 5.91 Å². The molecule has 0 unspecified atom stereocenters. The Morgan fingerprint density at radius 2 is 2.00 bits per heavy atom. The standard InChI is InChI=1S/C17H17ClN2O3/c1-12(23-19-11-13-6-4-3-5-7-13)17(21)20-15-10-14(18)8-9-16(15)22-2/h3-12H,1-2H3,(H,20,21)/b19-11-/t12-/m1/s1. The smallest absolute Gasteiger partial charge is 0.268 e. The molecule has 0 aliphatic heterocycles. The number of halogens is 1. The van der Waals surface area contributed by atoms with Crippen molar-refractivity contribution in [3.8, 4) is 5.75 Å². The molecule has 2 aromatic carbocycles. The fourth-order valence-electron chi connectivity index (χ4n) is 1.78. The third-order valence-electron chi connectivity index (χ3n) is 3.01. The van der Waals surface area contributed by atoms with Crippen LogP contribution in [-0.2, 0) is 9.63 Å². The third-order valence-corrected chi connectivity index (χ3v) is 3.24. The Hall–Kier alpha value is -2.53. The van der Waals surface area contributed by atoms with Crippen LogP contribution in [0.15, 0.2) is 53.7 Å². The minimum atomic E-state index is -0.765. The lowest BCUT2D eigenvalue weighted by atomic mass is 10.2. The Balaban J connectivity index is 1.95. The van der Waals surface area contributed by atoms with Crippen molar-refractivity contribution in [2.75, 3.05) is 12.4 Å². The number of rotatable bonds is 6. The van der Waals surface area contributed by atoms with Crippen molar-refractivity contribution in [3.63, 3.8) is 0 Å². The van der Waals surface area contributed by atoms with Gasteiger partial charge in [-0.3, -0.25) is 4.79 Å². The van der Waals surface area contributed by atoms with Gasteiger partial charge in [0.2, 0.25) is 6.10 Å². The number of oxime groups is 1. The number of nitrogens with one attached hydrogen (secondary N) is 1. The molecule has 0 fully saturated rings. The van der Waals surface area contributed by atoms with E-state index in [1.54, 1.807) is 31.3 Å². The third kappa shape index (κ3) is 5.00. The molecule has 23 heavy (non-hydrogen) atoms. The van der Waals surface area contributed by atoms with Crippen LogP contribution in [0.4, 0.5) is 5.69 Å². The summed E-state index contributed by atoms with van der Waals surface area (Å²) in [5, 5.41) is 7.02. The van der Waals surface area contributed by atoms with Gasteiger partial charge in [0.15, 0.2) is 0 Å². The SMILES string of the molecule is COc1ccc(Cl)cc1NC(=O)[C@@H](C)O/N=C\c1ccccc1. The molecule has 6 heteroatoms. The van der Waals surface area contributed by atoms with Gasteiger partial charge in [-0.05, 0) is 30.7 Å². The van der Waals surface area contributed by atoms with Gasteiger partial charge in [0, 0.05) is 5.02 Å². The summed E-state index contributed by atoms with van der Waals surface area (Å²) in [5.41, 5.74) is 1.36. The van der Waals surface area contributed by atoms with E-state index >= 15 is 0 Å².